The summed E-state index contributed by atoms with van der Waals surface area (Å²) in [6, 6.07) is 6.56. The minimum absolute atomic E-state index is 0. The third-order valence-corrected chi connectivity index (χ3v) is 2.54. The number of amides is 3. The molecule has 0 heterocycles. The molecular formula is C13H21ClN4O2. The molecule has 1 aromatic rings. The van der Waals surface area contributed by atoms with Crippen LogP contribution in [0.15, 0.2) is 24.3 Å². The van der Waals surface area contributed by atoms with Crippen molar-refractivity contribution >= 4 is 30.0 Å². The van der Waals surface area contributed by atoms with Crippen molar-refractivity contribution in [3.63, 3.8) is 0 Å². The summed E-state index contributed by atoms with van der Waals surface area (Å²) >= 11 is 0. The number of carbonyl (C=O) groups excluding carboxylic acids is 2. The second-order valence-corrected chi connectivity index (χ2v) is 4.17. The highest BCUT2D eigenvalue weighted by Crippen LogP contribution is 2.09. The van der Waals surface area contributed by atoms with E-state index in [9.17, 15) is 9.59 Å². The van der Waals surface area contributed by atoms with Crippen LogP contribution in [0.4, 0.5) is 10.5 Å². The smallest absolute Gasteiger partial charge is 0.316 e. The van der Waals surface area contributed by atoms with Crippen LogP contribution in [-0.2, 0) is 11.3 Å². The fraction of sp³-hybridized carbons (Fsp3) is 0.385. The number of anilines is 1. The van der Waals surface area contributed by atoms with Crippen LogP contribution in [0.2, 0.25) is 0 Å². The quantitative estimate of drug-likeness (QED) is 0.570. The highest BCUT2D eigenvalue weighted by molar-refractivity contribution is 5.87. The fourth-order valence-electron chi connectivity index (χ4n) is 1.56. The lowest BCUT2D eigenvalue weighted by molar-refractivity contribution is -0.121. The minimum Gasteiger partial charge on any atom is -0.352 e. The van der Waals surface area contributed by atoms with Gasteiger partial charge >= 0.3 is 6.03 Å². The Morgan fingerprint density at radius 2 is 1.85 bits per heavy atom. The van der Waals surface area contributed by atoms with Crippen LogP contribution >= 0.6 is 12.4 Å². The first kappa shape index (κ1) is 18.2. The van der Waals surface area contributed by atoms with Gasteiger partial charge in [-0.3, -0.25) is 4.79 Å². The Morgan fingerprint density at radius 1 is 1.20 bits per heavy atom. The SMILES string of the molecule is CNCCCC(=O)NCc1ccc(NC(N)=O)cc1.Cl. The van der Waals surface area contributed by atoms with E-state index < -0.39 is 6.03 Å². The molecule has 112 valence electrons. The van der Waals surface area contributed by atoms with Crippen LogP contribution in [-0.4, -0.2) is 25.5 Å². The molecule has 0 radical (unpaired) electrons. The van der Waals surface area contributed by atoms with Crippen molar-refractivity contribution in [2.24, 2.45) is 5.73 Å². The molecule has 0 unspecified atom stereocenters. The van der Waals surface area contributed by atoms with E-state index in [-0.39, 0.29) is 18.3 Å². The molecule has 0 spiro atoms. The zero-order chi connectivity index (χ0) is 14.1. The molecule has 6 nitrogen and oxygen atoms in total. The Hall–Kier alpha value is -1.79. The van der Waals surface area contributed by atoms with Gasteiger partial charge in [0.05, 0.1) is 0 Å². The first-order valence-corrected chi connectivity index (χ1v) is 6.18. The average Bonchev–Trinajstić information content (AvgIpc) is 2.37. The third-order valence-electron chi connectivity index (χ3n) is 2.54. The first-order valence-electron chi connectivity index (χ1n) is 6.18. The van der Waals surface area contributed by atoms with Gasteiger partial charge in [0.25, 0.3) is 0 Å². The van der Waals surface area contributed by atoms with E-state index in [1.807, 2.05) is 19.2 Å². The summed E-state index contributed by atoms with van der Waals surface area (Å²) in [5.41, 5.74) is 6.61. The molecular weight excluding hydrogens is 280 g/mol. The van der Waals surface area contributed by atoms with E-state index in [0.29, 0.717) is 18.7 Å². The summed E-state index contributed by atoms with van der Waals surface area (Å²) in [6.07, 6.45) is 1.34. The zero-order valence-electron chi connectivity index (χ0n) is 11.4. The topological polar surface area (TPSA) is 96.2 Å². The Labute approximate surface area is 124 Å². The maximum Gasteiger partial charge on any atom is 0.316 e. The summed E-state index contributed by atoms with van der Waals surface area (Å²) in [7, 11) is 1.86. The van der Waals surface area contributed by atoms with Gasteiger partial charge in [-0.25, -0.2) is 4.79 Å². The standard InChI is InChI=1S/C13H20N4O2.ClH/c1-15-8-2-3-12(18)16-9-10-4-6-11(7-5-10)17-13(14)19;/h4-7,15H,2-3,8-9H2,1H3,(H,16,18)(H3,14,17,19);1H. The summed E-state index contributed by atoms with van der Waals surface area (Å²) in [5.74, 6) is 0.0367. The molecule has 20 heavy (non-hydrogen) atoms. The van der Waals surface area contributed by atoms with Crippen LogP contribution in [0.25, 0.3) is 0 Å². The average molecular weight is 301 g/mol. The molecule has 5 N–H and O–H groups in total. The number of primary amides is 1. The predicted molar refractivity (Wildman–Crippen MR) is 81.9 cm³/mol. The molecule has 0 aromatic heterocycles. The second kappa shape index (κ2) is 10.1. The lowest BCUT2D eigenvalue weighted by Crippen LogP contribution is -2.23. The van der Waals surface area contributed by atoms with Gasteiger partial charge in [-0.15, -0.1) is 12.4 Å². The van der Waals surface area contributed by atoms with Gasteiger partial charge in [-0.05, 0) is 37.7 Å². The molecule has 0 saturated carbocycles. The van der Waals surface area contributed by atoms with Crippen molar-refractivity contribution in [1.29, 1.82) is 0 Å². The number of hydrogen-bond donors (Lipinski definition) is 4. The molecule has 0 aliphatic heterocycles. The molecule has 3 amide bonds. The second-order valence-electron chi connectivity index (χ2n) is 4.17. The number of benzene rings is 1. The highest BCUT2D eigenvalue weighted by atomic mass is 35.5. The van der Waals surface area contributed by atoms with Crippen LogP contribution in [0.1, 0.15) is 18.4 Å². The van der Waals surface area contributed by atoms with Crippen LogP contribution < -0.4 is 21.7 Å². The van der Waals surface area contributed by atoms with E-state index in [4.69, 9.17) is 5.73 Å². The highest BCUT2D eigenvalue weighted by Gasteiger charge is 2.01. The molecule has 0 bridgehead atoms. The van der Waals surface area contributed by atoms with Crippen LogP contribution in [0.3, 0.4) is 0 Å². The number of carbonyl (C=O) groups is 2. The first-order chi connectivity index (χ1) is 9.11. The van der Waals surface area contributed by atoms with Gasteiger partial charge in [0.15, 0.2) is 0 Å². The van der Waals surface area contributed by atoms with E-state index in [0.717, 1.165) is 18.5 Å². The fourth-order valence-corrected chi connectivity index (χ4v) is 1.56. The molecule has 1 aromatic carbocycles. The van der Waals surface area contributed by atoms with Crippen molar-refractivity contribution in [2.45, 2.75) is 19.4 Å². The van der Waals surface area contributed by atoms with Crippen molar-refractivity contribution < 1.29 is 9.59 Å². The van der Waals surface area contributed by atoms with E-state index in [2.05, 4.69) is 16.0 Å². The third kappa shape index (κ3) is 7.60. The summed E-state index contributed by atoms with van der Waals surface area (Å²) in [5, 5.41) is 8.31. The van der Waals surface area contributed by atoms with Crippen molar-refractivity contribution in [2.75, 3.05) is 18.9 Å². The number of urea groups is 1. The molecule has 0 aliphatic rings. The van der Waals surface area contributed by atoms with Crippen molar-refractivity contribution in [1.82, 2.24) is 10.6 Å². The van der Waals surface area contributed by atoms with E-state index >= 15 is 0 Å². The molecule has 0 aliphatic carbocycles. The minimum atomic E-state index is -0.592. The number of nitrogens with two attached hydrogens (primary N) is 1. The lowest BCUT2D eigenvalue weighted by atomic mass is 10.2. The zero-order valence-corrected chi connectivity index (χ0v) is 12.3. The number of nitrogens with one attached hydrogen (secondary N) is 3. The van der Waals surface area contributed by atoms with Crippen molar-refractivity contribution in [3.8, 4) is 0 Å². The predicted octanol–water partition coefficient (Wildman–Crippen LogP) is 1.21. The normalized spacial score (nSPS) is 9.45. The molecule has 0 fully saturated rings. The summed E-state index contributed by atoms with van der Waals surface area (Å²) in [6.45, 7) is 1.32. The molecule has 0 atom stereocenters. The largest absolute Gasteiger partial charge is 0.352 e. The van der Waals surface area contributed by atoms with Gasteiger partial charge in [-0.2, -0.15) is 0 Å². The van der Waals surface area contributed by atoms with Gasteiger partial charge in [-0.1, -0.05) is 12.1 Å². The Kier molecular flexibility index (Phi) is 9.15. The maximum absolute atomic E-state index is 11.5. The Balaban J connectivity index is 0.00000361. The van der Waals surface area contributed by atoms with E-state index in [1.54, 1.807) is 12.1 Å². The lowest BCUT2D eigenvalue weighted by Gasteiger charge is -2.06. The number of hydrogen-bond acceptors (Lipinski definition) is 3. The van der Waals surface area contributed by atoms with Gasteiger partial charge in [0.1, 0.15) is 0 Å². The molecule has 7 heteroatoms. The van der Waals surface area contributed by atoms with Gasteiger partial charge in [0, 0.05) is 18.7 Å². The maximum atomic E-state index is 11.5. The Bertz CT molecular complexity index is 423. The van der Waals surface area contributed by atoms with E-state index in [1.165, 1.54) is 0 Å². The molecule has 1 rings (SSSR count). The summed E-state index contributed by atoms with van der Waals surface area (Å²) in [4.78, 5) is 22.1. The van der Waals surface area contributed by atoms with Crippen LogP contribution in [0.5, 0.6) is 0 Å². The number of rotatable bonds is 7. The Morgan fingerprint density at radius 3 is 2.40 bits per heavy atom. The van der Waals surface area contributed by atoms with Crippen LogP contribution in [0, 0.1) is 0 Å². The van der Waals surface area contributed by atoms with Gasteiger partial charge < -0.3 is 21.7 Å². The summed E-state index contributed by atoms with van der Waals surface area (Å²) < 4.78 is 0. The molecule has 0 saturated heterocycles. The van der Waals surface area contributed by atoms with Gasteiger partial charge in [0.2, 0.25) is 5.91 Å². The monoisotopic (exact) mass is 300 g/mol. The van der Waals surface area contributed by atoms with Crippen molar-refractivity contribution in [3.05, 3.63) is 29.8 Å². The number of halogens is 1.